The van der Waals surface area contributed by atoms with Crippen molar-refractivity contribution < 1.29 is 9.47 Å². The van der Waals surface area contributed by atoms with Gasteiger partial charge in [0.1, 0.15) is 0 Å². The van der Waals surface area contributed by atoms with Crippen molar-refractivity contribution in [3.8, 4) is 0 Å². The fraction of sp³-hybridized carbons (Fsp3) is 0.583. The van der Waals surface area contributed by atoms with Gasteiger partial charge >= 0.3 is 0 Å². The van der Waals surface area contributed by atoms with Crippen molar-refractivity contribution in [1.29, 1.82) is 0 Å². The lowest BCUT2D eigenvalue weighted by molar-refractivity contribution is -0.0716. The smallest absolute Gasteiger partial charge is 0.0936 e. The van der Waals surface area contributed by atoms with Gasteiger partial charge in [-0.3, -0.25) is 4.98 Å². The molecule has 0 amide bonds. The van der Waals surface area contributed by atoms with Crippen LogP contribution in [0.1, 0.15) is 12.5 Å². The fourth-order valence-corrected chi connectivity index (χ4v) is 2.23. The van der Waals surface area contributed by atoms with Crippen LogP contribution < -0.4 is 5.32 Å². The van der Waals surface area contributed by atoms with E-state index in [1.807, 2.05) is 12.3 Å². The van der Waals surface area contributed by atoms with Gasteiger partial charge in [0.05, 0.1) is 25.4 Å². The maximum absolute atomic E-state index is 5.74. The molecule has 17 heavy (non-hydrogen) atoms. The molecule has 1 aliphatic rings. The molecular formula is C12H17BrN2O2. The van der Waals surface area contributed by atoms with Crippen LogP contribution in [0.5, 0.6) is 0 Å². The van der Waals surface area contributed by atoms with Crippen LogP contribution in [0, 0.1) is 0 Å². The molecule has 1 aromatic heterocycles. The first-order chi connectivity index (χ1) is 8.24. The lowest BCUT2D eigenvalue weighted by atomic mass is 10.2. The van der Waals surface area contributed by atoms with E-state index in [0.29, 0.717) is 13.2 Å². The van der Waals surface area contributed by atoms with Crippen molar-refractivity contribution in [1.82, 2.24) is 10.3 Å². The lowest BCUT2D eigenvalue weighted by Gasteiger charge is -2.28. The zero-order valence-electron chi connectivity index (χ0n) is 9.86. The summed E-state index contributed by atoms with van der Waals surface area (Å²) in [4.78, 5) is 4.09. The summed E-state index contributed by atoms with van der Waals surface area (Å²) in [5.74, 6) is 0. The molecule has 2 unspecified atom stereocenters. The van der Waals surface area contributed by atoms with E-state index in [1.165, 1.54) is 0 Å². The van der Waals surface area contributed by atoms with Crippen LogP contribution >= 0.6 is 15.9 Å². The molecule has 0 bridgehead atoms. The zero-order chi connectivity index (χ0) is 12.1. The molecule has 0 spiro atoms. The van der Waals surface area contributed by atoms with Gasteiger partial charge in [-0.1, -0.05) is 0 Å². The molecule has 0 aliphatic carbocycles. The summed E-state index contributed by atoms with van der Waals surface area (Å²) in [5, 5.41) is 3.32. The lowest BCUT2D eigenvalue weighted by Crippen LogP contribution is -2.45. The Morgan fingerprint density at radius 2 is 2.41 bits per heavy atom. The first-order valence-corrected chi connectivity index (χ1v) is 6.56. The normalized spacial score (nSPS) is 24.8. The molecule has 4 nitrogen and oxygen atoms in total. The van der Waals surface area contributed by atoms with Crippen LogP contribution in [0.15, 0.2) is 22.9 Å². The number of pyridine rings is 1. The van der Waals surface area contributed by atoms with Gasteiger partial charge < -0.3 is 14.8 Å². The zero-order valence-corrected chi connectivity index (χ0v) is 11.4. The number of ether oxygens (including phenoxy) is 2. The van der Waals surface area contributed by atoms with E-state index in [2.05, 4.69) is 33.2 Å². The van der Waals surface area contributed by atoms with Gasteiger partial charge in [-0.05, 0) is 34.5 Å². The summed E-state index contributed by atoms with van der Waals surface area (Å²) in [6.45, 7) is 5.04. The van der Waals surface area contributed by atoms with Crippen LogP contribution in [0.3, 0.4) is 0 Å². The fourth-order valence-electron chi connectivity index (χ4n) is 1.81. The average molecular weight is 301 g/mol. The number of rotatable bonds is 4. The second-order valence-electron chi connectivity index (χ2n) is 4.25. The molecule has 94 valence electrons. The highest BCUT2D eigenvalue weighted by molar-refractivity contribution is 9.10. The largest absolute Gasteiger partial charge is 0.374 e. The predicted octanol–water partition coefficient (Wildman–Crippen LogP) is 1.74. The predicted molar refractivity (Wildman–Crippen MR) is 68.8 cm³/mol. The molecule has 1 N–H and O–H groups in total. The Morgan fingerprint density at radius 1 is 1.53 bits per heavy atom. The maximum atomic E-state index is 5.74. The van der Waals surface area contributed by atoms with E-state index in [1.54, 1.807) is 6.20 Å². The maximum Gasteiger partial charge on any atom is 0.0936 e. The van der Waals surface area contributed by atoms with Crippen molar-refractivity contribution in [3.63, 3.8) is 0 Å². The second kappa shape index (κ2) is 6.44. The number of nitrogens with one attached hydrogen (secondary N) is 1. The third-order valence-corrected chi connectivity index (χ3v) is 3.00. The molecule has 0 saturated carbocycles. The quantitative estimate of drug-likeness (QED) is 0.920. The molecule has 1 aromatic rings. The van der Waals surface area contributed by atoms with Crippen molar-refractivity contribution >= 4 is 15.9 Å². The molecule has 1 saturated heterocycles. The van der Waals surface area contributed by atoms with Gasteiger partial charge in [0.25, 0.3) is 0 Å². The molecule has 0 aromatic carbocycles. The Hall–Kier alpha value is -0.490. The highest BCUT2D eigenvalue weighted by atomic mass is 79.9. The van der Waals surface area contributed by atoms with Crippen molar-refractivity contribution in [2.24, 2.45) is 0 Å². The minimum Gasteiger partial charge on any atom is -0.374 e. The van der Waals surface area contributed by atoms with Crippen LogP contribution in [0.4, 0.5) is 0 Å². The Morgan fingerprint density at radius 3 is 3.18 bits per heavy atom. The Labute approximate surface area is 110 Å². The number of morpholine rings is 1. The Balaban J connectivity index is 1.72. The number of nitrogens with zero attached hydrogens (tertiary/aromatic N) is 1. The van der Waals surface area contributed by atoms with Crippen molar-refractivity contribution in [2.75, 3.05) is 19.7 Å². The standard InChI is InChI=1S/C12H17BrN2O2/c1-9-3-14-6-12(17-9)8-16-7-10-2-11(13)5-15-4-10/h2,4-5,9,12,14H,3,6-8H2,1H3. The van der Waals surface area contributed by atoms with Crippen LogP contribution in [0.25, 0.3) is 0 Å². The molecule has 1 fully saturated rings. The summed E-state index contributed by atoms with van der Waals surface area (Å²) in [6.07, 6.45) is 4.00. The summed E-state index contributed by atoms with van der Waals surface area (Å²) >= 11 is 3.39. The number of aromatic nitrogens is 1. The molecule has 2 rings (SSSR count). The third-order valence-electron chi connectivity index (χ3n) is 2.56. The van der Waals surface area contributed by atoms with Crippen LogP contribution in [-0.2, 0) is 16.1 Å². The van der Waals surface area contributed by atoms with E-state index < -0.39 is 0 Å². The van der Waals surface area contributed by atoms with Gasteiger partial charge in [-0.25, -0.2) is 0 Å². The molecule has 2 heterocycles. The summed E-state index contributed by atoms with van der Waals surface area (Å²) in [5.41, 5.74) is 1.07. The minimum absolute atomic E-state index is 0.152. The van der Waals surface area contributed by atoms with Crippen molar-refractivity contribution in [3.05, 3.63) is 28.5 Å². The van der Waals surface area contributed by atoms with Gasteiger partial charge in [0.15, 0.2) is 0 Å². The topological polar surface area (TPSA) is 43.4 Å². The summed E-state index contributed by atoms with van der Waals surface area (Å²) in [6, 6.07) is 2.01. The first kappa shape index (κ1) is 13.0. The summed E-state index contributed by atoms with van der Waals surface area (Å²) < 4.78 is 12.3. The highest BCUT2D eigenvalue weighted by Gasteiger charge is 2.18. The van der Waals surface area contributed by atoms with Gasteiger partial charge in [0, 0.05) is 30.0 Å². The van der Waals surface area contributed by atoms with E-state index in [4.69, 9.17) is 9.47 Å². The third kappa shape index (κ3) is 4.35. The number of halogens is 1. The van der Waals surface area contributed by atoms with E-state index >= 15 is 0 Å². The Bertz CT molecular complexity index is 362. The van der Waals surface area contributed by atoms with E-state index in [0.717, 1.165) is 23.1 Å². The van der Waals surface area contributed by atoms with Gasteiger partial charge in [0.2, 0.25) is 0 Å². The SMILES string of the molecule is CC1CNCC(COCc2cncc(Br)c2)O1. The monoisotopic (exact) mass is 300 g/mol. The van der Waals surface area contributed by atoms with Crippen LogP contribution in [0.2, 0.25) is 0 Å². The van der Waals surface area contributed by atoms with Crippen LogP contribution in [-0.4, -0.2) is 36.9 Å². The summed E-state index contributed by atoms with van der Waals surface area (Å²) in [7, 11) is 0. The molecule has 0 radical (unpaired) electrons. The van der Waals surface area contributed by atoms with E-state index in [9.17, 15) is 0 Å². The molecule has 1 aliphatic heterocycles. The first-order valence-electron chi connectivity index (χ1n) is 5.77. The number of hydrogen-bond donors (Lipinski definition) is 1. The van der Waals surface area contributed by atoms with Crippen molar-refractivity contribution in [2.45, 2.75) is 25.7 Å². The highest BCUT2D eigenvalue weighted by Crippen LogP contribution is 2.11. The molecule has 2 atom stereocenters. The Kier molecular flexibility index (Phi) is 4.91. The van der Waals surface area contributed by atoms with Gasteiger partial charge in [-0.2, -0.15) is 0 Å². The average Bonchev–Trinajstić information content (AvgIpc) is 2.29. The molecule has 5 heteroatoms. The number of hydrogen-bond acceptors (Lipinski definition) is 4. The second-order valence-corrected chi connectivity index (χ2v) is 5.17. The van der Waals surface area contributed by atoms with E-state index in [-0.39, 0.29) is 12.2 Å². The minimum atomic E-state index is 0.152. The molecular weight excluding hydrogens is 284 g/mol. The van der Waals surface area contributed by atoms with Gasteiger partial charge in [-0.15, -0.1) is 0 Å².